The lowest BCUT2D eigenvalue weighted by Crippen LogP contribution is -2.19. The summed E-state index contributed by atoms with van der Waals surface area (Å²) in [5, 5.41) is 4.23. The number of benzene rings is 1. The predicted octanol–water partition coefficient (Wildman–Crippen LogP) is 4.33. The maximum absolute atomic E-state index is 13.8. The van der Waals surface area contributed by atoms with Gasteiger partial charge in [0.15, 0.2) is 12.4 Å². The zero-order valence-corrected chi connectivity index (χ0v) is 14.7. The molecule has 0 bridgehead atoms. The summed E-state index contributed by atoms with van der Waals surface area (Å²) in [5.41, 5.74) is 6.33. The number of halogens is 4. The van der Waals surface area contributed by atoms with Crippen molar-refractivity contribution in [2.24, 2.45) is 10.7 Å². The van der Waals surface area contributed by atoms with Crippen molar-refractivity contribution in [3.05, 3.63) is 34.7 Å². The Kier molecular flexibility index (Phi) is 6.25. The molecule has 2 aromatic rings. The van der Waals surface area contributed by atoms with E-state index in [-0.39, 0.29) is 16.8 Å². The number of alkyl halides is 2. The van der Waals surface area contributed by atoms with Crippen LogP contribution in [0.3, 0.4) is 0 Å². The van der Waals surface area contributed by atoms with Gasteiger partial charge in [0.1, 0.15) is 5.82 Å². The van der Waals surface area contributed by atoms with E-state index >= 15 is 0 Å². The van der Waals surface area contributed by atoms with Crippen LogP contribution in [0.4, 0.5) is 23.8 Å². The summed E-state index contributed by atoms with van der Waals surface area (Å²) in [6.45, 7) is 2.48. The van der Waals surface area contributed by atoms with E-state index in [1.807, 2.05) is 0 Å². The maximum Gasteiger partial charge on any atom is 0.436 e. The number of nitrogens with zero attached hydrogens (tertiary/aromatic N) is 3. The molecular weight excluding hydrogens is 373 g/mol. The van der Waals surface area contributed by atoms with Gasteiger partial charge in [0.2, 0.25) is 0 Å². The van der Waals surface area contributed by atoms with Gasteiger partial charge in [-0.3, -0.25) is 0 Å². The summed E-state index contributed by atoms with van der Waals surface area (Å²) in [4.78, 5) is 16.0. The van der Waals surface area contributed by atoms with Gasteiger partial charge < -0.3 is 10.5 Å². The minimum Gasteiger partial charge on any atom is -0.442 e. The molecule has 0 saturated carbocycles. The fourth-order valence-electron chi connectivity index (χ4n) is 2.32. The van der Waals surface area contributed by atoms with Gasteiger partial charge in [0.05, 0.1) is 17.6 Å². The second kappa shape index (κ2) is 8.22. The molecule has 0 aliphatic rings. The van der Waals surface area contributed by atoms with E-state index < -0.39 is 24.9 Å². The van der Waals surface area contributed by atoms with Crippen molar-refractivity contribution < 1.29 is 22.7 Å². The summed E-state index contributed by atoms with van der Waals surface area (Å²) in [7, 11) is 0. The fraction of sp³-hybridized carbons (Fsp3) is 0.312. The normalized spacial score (nSPS) is 11.7. The summed E-state index contributed by atoms with van der Waals surface area (Å²) in [6.07, 6.45) is -3.08. The third-order valence-electron chi connectivity index (χ3n) is 3.29. The van der Waals surface area contributed by atoms with Gasteiger partial charge in [-0.1, -0.05) is 25.4 Å². The highest BCUT2D eigenvalue weighted by molar-refractivity contribution is 6.30. The first-order valence-corrected chi connectivity index (χ1v) is 7.91. The molecule has 0 unspecified atom stereocenters. The molecule has 0 amide bonds. The lowest BCUT2D eigenvalue weighted by molar-refractivity contribution is 0.0484. The summed E-state index contributed by atoms with van der Waals surface area (Å²) >= 11 is 5.91. The Bertz CT molecular complexity index is 817. The Morgan fingerprint density at radius 1 is 1.42 bits per heavy atom. The molecule has 26 heavy (non-hydrogen) atoms. The molecule has 0 saturated heterocycles. The van der Waals surface area contributed by atoms with E-state index in [9.17, 15) is 18.0 Å². The molecule has 0 atom stereocenters. The van der Waals surface area contributed by atoms with Crippen LogP contribution in [0, 0.1) is 5.82 Å². The van der Waals surface area contributed by atoms with Crippen LogP contribution in [-0.2, 0) is 4.74 Å². The molecule has 0 fully saturated rings. The third kappa shape index (κ3) is 4.34. The fourth-order valence-corrected chi connectivity index (χ4v) is 2.54. The maximum atomic E-state index is 13.8. The van der Waals surface area contributed by atoms with Gasteiger partial charge in [-0.05, 0) is 29.7 Å². The van der Waals surface area contributed by atoms with Gasteiger partial charge in [-0.2, -0.15) is 5.10 Å². The molecule has 1 heterocycles. The lowest BCUT2D eigenvalue weighted by Gasteiger charge is -2.08. The second-order valence-electron chi connectivity index (χ2n) is 5.55. The number of carbonyl (C=O) groups is 1. The molecule has 2 rings (SSSR count). The number of carbonyl (C=O) groups excluding carboxylic acids is 1. The first-order valence-electron chi connectivity index (χ1n) is 7.53. The minimum atomic E-state index is -2.83. The van der Waals surface area contributed by atoms with Crippen LogP contribution >= 0.6 is 11.6 Å². The zero-order chi connectivity index (χ0) is 19.4. The van der Waals surface area contributed by atoms with Gasteiger partial charge in [-0.15, -0.1) is 4.68 Å². The quantitative estimate of drug-likeness (QED) is 0.610. The number of ether oxygens (including phenoxy) is 1. The molecule has 1 aromatic carbocycles. The Balaban J connectivity index is 2.67. The standard InChI is InChI=1S/C16H16ClF3N4O2/c1-8(2)14-13(9-3-10(17)5-11(18)4-9)15(22-7-21)24(23-14)16(25)26-6-12(19)20/h3-5,7-8,12H,6H2,1-2H3,(H2,21,22). The number of nitrogens with two attached hydrogens (primary N) is 1. The van der Waals surface area contributed by atoms with Gasteiger partial charge in [0.25, 0.3) is 6.43 Å². The summed E-state index contributed by atoms with van der Waals surface area (Å²) < 4.78 is 43.6. The molecular formula is C16H16ClF3N4O2. The molecule has 2 N–H and O–H groups in total. The summed E-state index contributed by atoms with van der Waals surface area (Å²) in [5.74, 6) is -0.877. The number of aromatic nitrogens is 2. The van der Waals surface area contributed by atoms with Crippen LogP contribution in [0.15, 0.2) is 23.2 Å². The largest absolute Gasteiger partial charge is 0.442 e. The van der Waals surface area contributed by atoms with Crippen molar-refractivity contribution in [1.82, 2.24) is 9.78 Å². The number of aliphatic imine (C=N–C) groups is 1. The van der Waals surface area contributed by atoms with E-state index in [0.717, 1.165) is 17.1 Å². The summed E-state index contributed by atoms with van der Waals surface area (Å²) in [6, 6.07) is 3.78. The molecule has 0 radical (unpaired) electrons. The van der Waals surface area contributed by atoms with E-state index in [1.165, 1.54) is 12.1 Å². The average Bonchev–Trinajstić information content (AvgIpc) is 2.91. The number of hydrogen-bond acceptors (Lipinski definition) is 4. The Labute approximate surface area is 152 Å². The lowest BCUT2D eigenvalue weighted by atomic mass is 9.99. The monoisotopic (exact) mass is 388 g/mol. The molecule has 1 aromatic heterocycles. The van der Waals surface area contributed by atoms with Crippen molar-refractivity contribution in [2.75, 3.05) is 6.61 Å². The van der Waals surface area contributed by atoms with Crippen LogP contribution < -0.4 is 5.73 Å². The molecule has 6 nitrogen and oxygen atoms in total. The first kappa shape index (κ1) is 19.8. The Morgan fingerprint density at radius 3 is 2.65 bits per heavy atom. The topological polar surface area (TPSA) is 82.5 Å². The van der Waals surface area contributed by atoms with Crippen LogP contribution in [0.2, 0.25) is 5.02 Å². The number of rotatable bonds is 5. The van der Waals surface area contributed by atoms with Crippen molar-refractivity contribution in [3.63, 3.8) is 0 Å². The van der Waals surface area contributed by atoms with Gasteiger partial charge in [0, 0.05) is 5.02 Å². The minimum absolute atomic E-state index is 0.0721. The van der Waals surface area contributed by atoms with Crippen LogP contribution in [0.5, 0.6) is 0 Å². The van der Waals surface area contributed by atoms with Gasteiger partial charge in [-0.25, -0.2) is 23.0 Å². The highest BCUT2D eigenvalue weighted by Gasteiger charge is 2.26. The van der Waals surface area contributed by atoms with Crippen LogP contribution in [0.1, 0.15) is 25.5 Å². The van der Waals surface area contributed by atoms with Crippen molar-refractivity contribution in [3.8, 4) is 11.1 Å². The van der Waals surface area contributed by atoms with Crippen molar-refractivity contribution in [2.45, 2.75) is 26.2 Å². The molecule has 10 heteroatoms. The smallest absolute Gasteiger partial charge is 0.436 e. The third-order valence-corrected chi connectivity index (χ3v) is 3.51. The average molecular weight is 389 g/mol. The van der Waals surface area contributed by atoms with Gasteiger partial charge >= 0.3 is 6.09 Å². The highest BCUT2D eigenvalue weighted by Crippen LogP contribution is 2.38. The van der Waals surface area contributed by atoms with E-state index in [1.54, 1.807) is 13.8 Å². The highest BCUT2D eigenvalue weighted by atomic mass is 35.5. The molecule has 0 aliphatic carbocycles. The molecule has 0 spiro atoms. The Morgan fingerprint density at radius 2 is 2.12 bits per heavy atom. The van der Waals surface area contributed by atoms with E-state index in [4.69, 9.17) is 17.3 Å². The zero-order valence-electron chi connectivity index (χ0n) is 13.9. The molecule has 0 aliphatic heterocycles. The van der Waals surface area contributed by atoms with Crippen LogP contribution in [0.25, 0.3) is 11.1 Å². The SMILES string of the molecule is CC(C)c1nn(C(=O)OCC(F)F)c(/N=C\N)c1-c1cc(F)cc(Cl)c1. The van der Waals surface area contributed by atoms with Crippen LogP contribution in [-0.4, -0.2) is 35.2 Å². The predicted molar refractivity (Wildman–Crippen MR) is 91.8 cm³/mol. The molecule has 140 valence electrons. The number of hydrogen-bond donors (Lipinski definition) is 1. The first-order chi connectivity index (χ1) is 12.2. The van der Waals surface area contributed by atoms with Crippen molar-refractivity contribution in [1.29, 1.82) is 0 Å². The Hall–Kier alpha value is -2.55. The van der Waals surface area contributed by atoms with E-state index in [2.05, 4.69) is 14.8 Å². The van der Waals surface area contributed by atoms with Crippen molar-refractivity contribution >= 4 is 29.9 Å². The van der Waals surface area contributed by atoms with E-state index in [0.29, 0.717) is 16.8 Å². The second-order valence-corrected chi connectivity index (χ2v) is 5.99.